The van der Waals surface area contributed by atoms with Gasteiger partial charge in [0.1, 0.15) is 12.6 Å². The summed E-state index contributed by atoms with van der Waals surface area (Å²) in [6, 6.07) is 31.9. The fraction of sp³-hybridized carbons (Fsp3) is 0.297. The van der Waals surface area contributed by atoms with Gasteiger partial charge in [0.05, 0.1) is 10.6 Å². The number of hydrogen-bond acceptors (Lipinski definition) is 4. The van der Waals surface area contributed by atoms with E-state index < -0.39 is 34.1 Å². The van der Waals surface area contributed by atoms with Crippen LogP contribution in [0, 0.1) is 6.92 Å². The van der Waals surface area contributed by atoms with Crippen molar-refractivity contribution < 1.29 is 18.0 Å². The summed E-state index contributed by atoms with van der Waals surface area (Å²) in [7, 11) is -4.15. The van der Waals surface area contributed by atoms with Crippen LogP contribution < -0.4 is 9.62 Å². The van der Waals surface area contributed by atoms with E-state index in [9.17, 15) is 18.0 Å². The van der Waals surface area contributed by atoms with Crippen LogP contribution in [-0.4, -0.2) is 43.3 Å². The van der Waals surface area contributed by atoms with Crippen molar-refractivity contribution in [2.45, 2.75) is 70.5 Å². The van der Waals surface area contributed by atoms with Gasteiger partial charge in [-0.3, -0.25) is 13.9 Å². The zero-order chi connectivity index (χ0) is 32.6. The maximum absolute atomic E-state index is 14.6. The van der Waals surface area contributed by atoms with Gasteiger partial charge < -0.3 is 10.2 Å². The first-order valence-corrected chi connectivity index (χ1v) is 16.7. The first-order valence-electron chi connectivity index (χ1n) is 15.3. The maximum Gasteiger partial charge on any atom is 0.264 e. The molecule has 0 heterocycles. The standard InChI is InChI=1S/C37H43N3O4S/c1-6-31-19-13-14-20-33(31)40(45(43,44)32-23-21-28(2)22-24-32)27-35(41)39(26-30-17-11-8-12-18-30)34(36(42)38-37(3,4)5)25-29-15-9-7-10-16-29/h7-24,34H,6,25-27H2,1-5H3,(H,38,42)/t34-/m0/s1. The summed E-state index contributed by atoms with van der Waals surface area (Å²) in [6.07, 6.45) is 0.834. The fourth-order valence-corrected chi connectivity index (χ4v) is 6.64. The average molecular weight is 626 g/mol. The highest BCUT2D eigenvalue weighted by atomic mass is 32.2. The molecule has 4 rings (SSSR count). The summed E-state index contributed by atoms with van der Waals surface area (Å²) in [6.45, 7) is 9.17. The van der Waals surface area contributed by atoms with E-state index >= 15 is 0 Å². The Labute approximate surface area is 268 Å². The Morgan fingerprint density at radius 2 is 1.33 bits per heavy atom. The summed E-state index contributed by atoms with van der Waals surface area (Å²) in [4.78, 5) is 30.2. The van der Waals surface area contributed by atoms with Crippen molar-refractivity contribution >= 4 is 27.5 Å². The highest BCUT2D eigenvalue weighted by Gasteiger charge is 2.36. The first-order chi connectivity index (χ1) is 21.4. The molecular weight excluding hydrogens is 582 g/mol. The third kappa shape index (κ3) is 8.82. The molecular formula is C37H43N3O4S. The summed E-state index contributed by atoms with van der Waals surface area (Å²) in [5.74, 6) is -0.789. The Morgan fingerprint density at radius 1 is 0.778 bits per heavy atom. The Kier molecular flexibility index (Phi) is 10.8. The van der Waals surface area contributed by atoms with Gasteiger partial charge in [0.15, 0.2) is 0 Å². The number of sulfonamides is 1. The predicted octanol–water partition coefficient (Wildman–Crippen LogP) is 6.31. The molecule has 0 fully saturated rings. The molecule has 0 bridgehead atoms. The zero-order valence-corrected chi connectivity index (χ0v) is 27.6. The van der Waals surface area contributed by atoms with Gasteiger partial charge >= 0.3 is 0 Å². The van der Waals surface area contributed by atoms with E-state index in [1.54, 1.807) is 36.4 Å². The monoisotopic (exact) mass is 625 g/mol. The lowest BCUT2D eigenvalue weighted by molar-refractivity contribution is -0.140. The van der Waals surface area contributed by atoms with Crippen molar-refractivity contribution in [1.82, 2.24) is 10.2 Å². The van der Waals surface area contributed by atoms with Crippen LogP contribution in [0.15, 0.2) is 114 Å². The molecule has 1 N–H and O–H groups in total. The molecule has 0 saturated carbocycles. The quantitative estimate of drug-likeness (QED) is 0.200. The number of nitrogens with one attached hydrogen (secondary N) is 1. The van der Waals surface area contributed by atoms with Gasteiger partial charge in [0.2, 0.25) is 11.8 Å². The molecule has 0 aliphatic carbocycles. The molecule has 0 unspecified atom stereocenters. The van der Waals surface area contributed by atoms with E-state index in [-0.39, 0.29) is 23.8 Å². The molecule has 4 aromatic carbocycles. The topological polar surface area (TPSA) is 86.8 Å². The van der Waals surface area contributed by atoms with Gasteiger partial charge in [-0.25, -0.2) is 8.42 Å². The number of anilines is 1. The molecule has 0 aromatic heterocycles. The largest absolute Gasteiger partial charge is 0.350 e. The number of aryl methyl sites for hydroxylation is 2. The van der Waals surface area contributed by atoms with E-state index in [1.807, 2.05) is 107 Å². The highest BCUT2D eigenvalue weighted by Crippen LogP contribution is 2.29. The van der Waals surface area contributed by atoms with E-state index in [0.717, 1.165) is 22.3 Å². The Hall–Kier alpha value is -4.43. The number of amides is 2. The normalized spacial score (nSPS) is 12.3. The van der Waals surface area contributed by atoms with Gasteiger partial charge in [-0.1, -0.05) is 103 Å². The van der Waals surface area contributed by atoms with E-state index in [2.05, 4.69) is 5.32 Å². The van der Waals surface area contributed by atoms with Crippen LogP contribution in [0.2, 0.25) is 0 Å². The molecule has 1 atom stereocenters. The van der Waals surface area contributed by atoms with Crippen molar-refractivity contribution in [1.29, 1.82) is 0 Å². The van der Waals surface area contributed by atoms with Crippen molar-refractivity contribution in [3.05, 3.63) is 131 Å². The number of carbonyl (C=O) groups is 2. The van der Waals surface area contributed by atoms with Crippen LogP contribution in [-0.2, 0) is 39.0 Å². The van der Waals surface area contributed by atoms with Crippen LogP contribution in [0.3, 0.4) is 0 Å². The molecule has 0 saturated heterocycles. The number of hydrogen-bond donors (Lipinski definition) is 1. The SMILES string of the molecule is CCc1ccccc1N(CC(=O)N(Cc1ccccc1)[C@@H](Cc1ccccc1)C(=O)NC(C)(C)C)S(=O)(=O)c1ccc(C)cc1. The number of nitrogens with zero attached hydrogens (tertiary/aromatic N) is 2. The summed E-state index contributed by atoms with van der Waals surface area (Å²) >= 11 is 0. The Bertz CT molecular complexity index is 1680. The lowest BCUT2D eigenvalue weighted by Gasteiger charge is -2.35. The molecule has 0 spiro atoms. The number of benzene rings is 4. The first kappa shape index (κ1) is 33.5. The second-order valence-electron chi connectivity index (χ2n) is 12.3. The van der Waals surface area contributed by atoms with E-state index in [0.29, 0.717) is 12.1 Å². The van der Waals surface area contributed by atoms with Gasteiger partial charge in [-0.05, 0) is 69.0 Å². The Morgan fingerprint density at radius 3 is 1.91 bits per heavy atom. The number of carbonyl (C=O) groups excluding carboxylic acids is 2. The maximum atomic E-state index is 14.6. The number of rotatable bonds is 12. The van der Waals surface area contributed by atoms with Crippen molar-refractivity contribution in [3.63, 3.8) is 0 Å². The van der Waals surface area contributed by atoms with Crippen LogP contribution in [0.4, 0.5) is 5.69 Å². The van der Waals surface area contributed by atoms with E-state index in [1.165, 1.54) is 9.21 Å². The van der Waals surface area contributed by atoms with Crippen LogP contribution in [0.5, 0.6) is 0 Å². The van der Waals surface area contributed by atoms with Gasteiger partial charge in [0, 0.05) is 18.5 Å². The van der Waals surface area contributed by atoms with Crippen LogP contribution in [0.25, 0.3) is 0 Å². The molecule has 236 valence electrons. The molecule has 0 radical (unpaired) electrons. The van der Waals surface area contributed by atoms with E-state index in [4.69, 9.17) is 0 Å². The molecule has 45 heavy (non-hydrogen) atoms. The highest BCUT2D eigenvalue weighted by molar-refractivity contribution is 7.92. The lowest BCUT2D eigenvalue weighted by Crippen LogP contribution is -2.56. The molecule has 4 aromatic rings. The number of para-hydroxylation sites is 1. The Balaban J connectivity index is 1.83. The minimum Gasteiger partial charge on any atom is -0.350 e. The summed E-state index contributed by atoms with van der Waals surface area (Å²) in [5, 5.41) is 3.06. The van der Waals surface area contributed by atoms with Gasteiger partial charge in [-0.15, -0.1) is 0 Å². The third-order valence-electron chi connectivity index (χ3n) is 7.49. The lowest BCUT2D eigenvalue weighted by atomic mass is 10.0. The predicted molar refractivity (Wildman–Crippen MR) is 180 cm³/mol. The second kappa shape index (κ2) is 14.6. The van der Waals surface area contributed by atoms with Crippen molar-refractivity contribution in [2.75, 3.05) is 10.8 Å². The van der Waals surface area contributed by atoms with Gasteiger partial charge in [-0.2, -0.15) is 0 Å². The second-order valence-corrected chi connectivity index (χ2v) is 14.1. The smallest absolute Gasteiger partial charge is 0.264 e. The molecule has 0 aliphatic rings. The van der Waals surface area contributed by atoms with Crippen LogP contribution >= 0.6 is 0 Å². The molecule has 0 aliphatic heterocycles. The average Bonchev–Trinajstić information content (AvgIpc) is 3.01. The van der Waals surface area contributed by atoms with Crippen LogP contribution in [0.1, 0.15) is 49.9 Å². The molecule has 8 heteroatoms. The minimum absolute atomic E-state index is 0.0905. The fourth-order valence-electron chi connectivity index (χ4n) is 5.19. The third-order valence-corrected chi connectivity index (χ3v) is 9.27. The van der Waals surface area contributed by atoms with Gasteiger partial charge in [0.25, 0.3) is 10.0 Å². The summed E-state index contributed by atoms with van der Waals surface area (Å²) < 4.78 is 29.8. The zero-order valence-electron chi connectivity index (χ0n) is 26.7. The molecule has 2 amide bonds. The minimum atomic E-state index is -4.15. The summed E-state index contributed by atoms with van der Waals surface area (Å²) in [5.41, 5.74) is 3.32. The van der Waals surface area contributed by atoms with Crippen molar-refractivity contribution in [3.8, 4) is 0 Å². The van der Waals surface area contributed by atoms with Crippen molar-refractivity contribution in [2.24, 2.45) is 0 Å². The molecule has 7 nitrogen and oxygen atoms in total.